The SMILES string of the molecule is CC1CCC(C)C(C)(Cl)C1. The summed E-state index contributed by atoms with van der Waals surface area (Å²) in [5, 5.41) is 0. The lowest BCUT2D eigenvalue weighted by molar-refractivity contribution is 0.244. The average molecular weight is 161 g/mol. The van der Waals surface area contributed by atoms with E-state index in [0.29, 0.717) is 5.92 Å². The van der Waals surface area contributed by atoms with Crippen molar-refractivity contribution in [2.45, 2.75) is 44.9 Å². The number of hydrogen-bond donors (Lipinski definition) is 0. The highest BCUT2D eigenvalue weighted by Crippen LogP contribution is 2.40. The molecule has 0 radical (unpaired) electrons. The van der Waals surface area contributed by atoms with E-state index >= 15 is 0 Å². The van der Waals surface area contributed by atoms with Crippen molar-refractivity contribution in [3.8, 4) is 0 Å². The lowest BCUT2D eigenvalue weighted by atomic mass is 9.76. The maximum Gasteiger partial charge on any atom is 0.0446 e. The Morgan fingerprint density at radius 1 is 1.30 bits per heavy atom. The Bertz CT molecular complexity index is 118. The maximum atomic E-state index is 6.32. The zero-order chi connectivity index (χ0) is 7.78. The molecule has 1 aliphatic carbocycles. The normalized spacial score (nSPS) is 49.2. The second kappa shape index (κ2) is 2.73. The molecule has 3 unspecified atom stereocenters. The number of rotatable bonds is 0. The molecule has 10 heavy (non-hydrogen) atoms. The van der Waals surface area contributed by atoms with E-state index in [1.165, 1.54) is 19.3 Å². The van der Waals surface area contributed by atoms with Gasteiger partial charge in [-0.2, -0.15) is 0 Å². The molecule has 0 spiro atoms. The van der Waals surface area contributed by atoms with Crippen molar-refractivity contribution in [1.82, 2.24) is 0 Å². The summed E-state index contributed by atoms with van der Waals surface area (Å²) in [6.45, 7) is 6.74. The fourth-order valence-electron chi connectivity index (χ4n) is 1.82. The molecule has 0 aromatic carbocycles. The Balaban J connectivity index is 2.55. The van der Waals surface area contributed by atoms with Gasteiger partial charge in [0.1, 0.15) is 0 Å². The quantitative estimate of drug-likeness (QED) is 0.477. The molecule has 0 heterocycles. The van der Waals surface area contributed by atoms with E-state index in [1.807, 2.05) is 0 Å². The van der Waals surface area contributed by atoms with Gasteiger partial charge in [-0.25, -0.2) is 0 Å². The summed E-state index contributed by atoms with van der Waals surface area (Å²) in [5.41, 5.74) is 0. The molecule has 0 aromatic rings. The van der Waals surface area contributed by atoms with Crippen molar-refractivity contribution >= 4 is 11.6 Å². The highest BCUT2D eigenvalue weighted by molar-refractivity contribution is 6.23. The van der Waals surface area contributed by atoms with E-state index in [4.69, 9.17) is 11.6 Å². The Kier molecular flexibility index (Phi) is 2.29. The predicted molar refractivity (Wildman–Crippen MR) is 46.4 cm³/mol. The standard InChI is InChI=1S/C9H17Cl/c1-7-4-5-8(2)9(3,10)6-7/h7-8H,4-6H2,1-3H3. The van der Waals surface area contributed by atoms with Gasteiger partial charge in [-0.1, -0.05) is 20.3 Å². The summed E-state index contributed by atoms with van der Waals surface area (Å²) in [6.07, 6.45) is 3.86. The zero-order valence-electron chi connectivity index (χ0n) is 7.15. The number of halogens is 1. The third-order valence-corrected chi connectivity index (χ3v) is 3.39. The van der Waals surface area contributed by atoms with Crippen LogP contribution in [0.4, 0.5) is 0 Å². The van der Waals surface area contributed by atoms with Crippen molar-refractivity contribution in [1.29, 1.82) is 0 Å². The van der Waals surface area contributed by atoms with Gasteiger partial charge in [-0.05, 0) is 31.6 Å². The van der Waals surface area contributed by atoms with Gasteiger partial charge >= 0.3 is 0 Å². The first-order chi connectivity index (χ1) is 4.52. The summed E-state index contributed by atoms with van der Waals surface area (Å²) in [7, 11) is 0. The molecule has 60 valence electrons. The largest absolute Gasteiger partial charge is 0.119 e. The molecule has 0 nitrogen and oxygen atoms in total. The van der Waals surface area contributed by atoms with Crippen molar-refractivity contribution in [2.75, 3.05) is 0 Å². The van der Waals surface area contributed by atoms with Crippen LogP contribution < -0.4 is 0 Å². The molecule has 1 aliphatic rings. The Morgan fingerprint density at radius 3 is 2.30 bits per heavy atom. The van der Waals surface area contributed by atoms with Crippen LogP contribution in [0.3, 0.4) is 0 Å². The molecular formula is C9H17Cl. The van der Waals surface area contributed by atoms with Crippen LogP contribution in [0.2, 0.25) is 0 Å². The summed E-state index contributed by atoms with van der Waals surface area (Å²) < 4.78 is 0. The molecule has 0 saturated heterocycles. The van der Waals surface area contributed by atoms with Gasteiger partial charge in [0, 0.05) is 4.87 Å². The Morgan fingerprint density at radius 2 is 1.90 bits per heavy atom. The molecule has 1 heteroatoms. The van der Waals surface area contributed by atoms with Gasteiger partial charge in [-0.3, -0.25) is 0 Å². The number of alkyl halides is 1. The molecule has 0 aliphatic heterocycles. The monoisotopic (exact) mass is 160 g/mol. The van der Waals surface area contributed by atoms with Crippen LogP contribution in [-0.2, 0) is 0 Å². The van der Waals surface area contributed by atoms with Crippen molar-refractivity contribution < 1.29 is 0 Å². The zero-order valence-corrected chi connectivity index (χ0v) is 7.91. The van der Waals surface area contributed by atoms with Crippen LogP contribution in [-0.4, -0.2) is 4.87 Å². The predicted octanol–water partition coefficient (Wildman–Crippen LogP) is 3.44. The minimum Gasteiger partial charge on any atom is -0.119 e. The van der Waals surface area contributed by atoms with Crippen LogP contribution in [0.25, 0.3) is 0 Å². The highest BCUT2D eigenvalue weighted by atomic mass is 35.5. The molecule has 0 N–H and O–H groups in total. The van der Waals surface area contributed by atoms with Crippen molar-refractivity contribution in [3.05, 3.63) is 0 Å². The molecule has 3 atom stereocenters. The molecule has 0 bridgehead atoms. The third kappa shape index (κ3) is 1.66. The first-order valence-electron chi connectivity index (χ1n) is 4.21. The minimum absolute atomic E-state index is 0.0810. The lowest BCUT2D eigenvalue weighted by Gasteiger charge is -2.37. The first-order valence-corrected chi connectivity index (χ1v) is 4.59. The van der Waals surface area contributed by atoms with Crippen LogP contribution in [0, 0.1) is 11.8 Å². The Hall–Kier alpha value is 0.290. The van der Waals surface area contributed by atoms with Crippen LogP contribution in [0.1, 0.15) is 40.0 Å². The summed E-state index contributed by atoms with van der Waals surface area (Å²) in [5.74, 6) is 1.53. The third-order valence-electron chi connectivity index (χ3n) is 2.87. The molecular weight excluding hydrogens is 144 g/mol. The topological polar surface area (TPSA) is 0 Å². The van der Waals surface area contributed by atoms with Crippen molar-refractivity contribution in [3.63, 3.8) is 0 Å². The van der Waals surface area contributed by atoms with Crippen LogP contribution in [0.15, 0.2) is 0 Å². The fraction of sp³-hybridized carbons (Fsp3) is 1.00. The molecule has 1 fully saturated rings. The van der Waals surface area contributed by atoms with Gasteiger partial charge < -0.3 is 0 Å². The van der Waals surface area contributed by atoms with Crippen LogP contribution >= 0.6 is 11.6 Å². The highest BCUT2D eigenvalue weighted by Gasteiger charge is 2.34. The van der Waals surface area contributed by atoms with Crippen molar-refractivity contribution in [2.24, 2.45) is 11.8 Å². The summed E-state index contributed by atoms with van der Waals surface area (Å²) in [4.78, 5) is 0.0810. The second-order valence-corrected chi connectivity index (χ2v) is 4.93. The lowest BCUT2D eigenvalue weighted by Crippen LogP contribution is -2.33. The van der Waals surface area contributed by atoms with E-state index in [2.05, 4.69) is 20.8 Å². The van der Waals surface area contributed by atoms with E-state index in [-0.39, 0.29) is 4.87 Å². The fourth-order valence-corrected chi connectivity index (χ4v) is 2.19. The Labute approximate surface area is 69.0 Å². The van der Waals surface area contributed by atoms with Gasteiger partial charge in [0.25, 0.3) is 0 Å². The molecule has 1 saturated carbocycles. The molecule has 0 aromatic heterocycles. The molecule has 1 rings (SSSR count). The second-order valence-electron chi connectivity index (χ2n) is 4.07. The number of hydrogen-bond acceptors (Lipinski definition) is 0. The molecule has 0 amide bonds. The summed E-state index contributed by atoms with van der Waals surface area (Å²) in [6, 6.07) is 0. The van der Waals surface area contributed by atoms with Gasteiger partial charge in [-0.15, -0.1) is 11.6 Å². The van der Waals surface area contributed by atoms with E-state index in [9.17, 15) is 0 Å². The minimum atomic E-state index is 0.0810. The summed E-state index contributed by atoms with van der Waals surface area (Å²) >= 11 is 6.32. The van der Waals surface area contributed by atoms with Gasteiger partial charge in [0.2, 0.25) is 0 Å². The average Bonchev–Trinajstić information content (AvgIpc) is 1.78. The smallest absolute Gasteiger partial charge is 0.0446 e. The van der Waals surface area contributed by atoms with E-state index in [1.54, 1.807) is 0 Å². The van der Waals surface area contributed by atoms with E-state index in [0.717, 1.165) is 5.92 Å². The maximum absolute atomic E-state index is 6.32. The van der Waals surface area contributed by atoms with Gasteiger partial charge in [0.15, 0.2) is 0 Å². The van der Waals surface area contributed by atoms with E-state index < -0.39 is 0 Å². The van der Waals surface area contributed by atoms with Crippen LogP contribution in [0.5, 0.6) is 0 Å². The van der Waals surface area contributed by atoms with Gasteiger partial charge in [0.05, 0.1) is 0 Å². The first kappa shape index (κ1) is 8.39.